The van der Waals surface area contributed by atoms with Crippen molar-refractivity contribution in [1.82, 2.24) is 9.97 Å². The van der Waals surface area contributed by atoms with Gasteiger partial charge in [-0.25, -0.2) is 4.98 Å². The van der Waals surface area contributed by atoms with Crippen LogP contribution in [0.2, 0.25) is 0 Å². The molecule has 0 aliphatic heterocycles. The van der Waals surface area contributed by atoms with E-state index in [1.807, 2.05) is 36.4 Å². The fourth-order valence-electron chi connectivity index (χ4n) is 1.57. The summed E-state index contributed by atoms with van der Waals surface area (Å²) in [6.07, 6.45) is 2.89. The molecule has 18 heavy (non-hydrogen) atoms. The molecule has 4 nitrogen and oxygen atoms in total. The molecule has 0 fully saturated rings. The van der Waals surface area contributed by atoms with Crippen molar-refractivity contribution < 1.29 is 0 Å². The zero-order valence-corrected chi connectivity index (χ0v) is 10.6. The first-order valence-corrected chi connectivity index (χ1v) is 6.23. The quantitative estimate of drug-likeness (QED) is 0.817. The van der Waals surface area contributed by atoms with Gasteiger partial charge in [0.2, 0.25) is 0 Å². The molecule has 0 atom stereocenters. The normalized spacial score (nSPS) is 10.1. The molecule has 2 aromatic rings. The van der Waals surface area contributed by atoms with Crippen LogP contribution in [0.25, 0.3) is 0 Å². The second-order valence-electron chi connectivity index (χ2n) is 4.01. The minimum Gasteiger partial charge on any atom is -0.370 e. The Labute approximate surface area is 107 Å². The van der Waals surface area contributed by atoms with Gasteiger partial charge in [0.1, 0.15) is 11.6 Å². The third-order valence-electron chi connectivity index (χ3n) is 2.48. The van der Waals surface area contributed by atoms with E-state index in [1.54, 1.807) is 6.20 Å². The molecule has 0 amide bonds. The monoisotopic (exact) mass is 242 g/mol. The summed E-state index contributed by atoms with van der Waals surface area (Å²) in [5.41, 5.74) is 1.01. The van der Waals surface area contributed by atoms with Gasteiger partial charge in [-0.15, -0.1) is 0 Å². The van der Waals surface area contributed by atoms with Gasteiger partial charge >= 0.3 is 0 Å². The fraction of sp³-hybridized carbons (Fsp3) is 0.286. The summed E-state index contributed by atoms with van der Waals surface area (Å²) < 4.78 is 0. The number of anilines is 2. The van der Waals surface area contributed by atoms with Gasteiger partial charge in [-0.05, 0) is 30.7 Å². The highest BCUT2D eigenvalue weighted by Gasteiger charge is 1.97. The molecular formula is C14H18N4. The highest BCUT2D eigenvalue weighted by atomic mass is 15.1. The van der Waals surface area contributed by atoms with E-state index in [1.165, 1.54) is 0 Å². The van der Waals surface area contributed by atoms with Crippen molar-refractivity contribution in [3.63, 3.8) is 0 Å². The van der Waals surface area contributed by atoms with E-state index in [-0.39, 0.29) is 0 Å². The predicted molar refractivity (Wildman–Crippen MR) is 74.6 cm³/mol. The third-order valence-corrected chi connectivity index (χ3v) is 2.48. The molecule has 0 bridgehead atoms. The third kappa shape index (κ3) is 3.73. The van der Waals surface area contributed by atoms with E-state index in [2.05, 4.69) is 27.5 Å². The first kappa shape index (κ1) is 12.4. The Kier molecular flexibility index (Phi) is 4.53. The molecule has 2 heterocycles. The second kappa shape index (κ2) is 6.59. The standard InChI is InChI=1S/C14H18N4/c1-2-9-16-13-7-5-8-14(18-13)17-11-12-6-3-4-10-15-12/h3-8,10H,2,9,11H2,1H3,(H2,16,17,18). The fourth-order valence-corrected chi connectivity index (χ4v) is 1.57. The van der Waals surface area contributed by atoms with Crippen LogP contribution in [0.4, 0.5) is 11.6 Å². The Hall–Kier alpha value is -2.10. The number of nitrogens with one attached hydrogen (secondary N) is 2. The summed E-state index contributed by atoms with van der Waals surface area (Å²) >= 11 is 0. The topological polar surface area (TPSA) is 49.8 Å². The summed E-state index contributed by atoms with van der Waals surface area (Å²) in [5, 5.41) is 6.53. The zero-order valence-electron chi connectivity index (χ0n) is 10.6. The highest BCUT2D eigenvalue weighted by molar-refractivity contribution is 5.45. The van der Waals surface area contributed by atoms with Crippen LogP contribution in [0.3, 0.4) is 0 Å². The largest absolute Gasteiger partial charge is 0.370 e. The van der Waals surface area contributed by atoms with Crippen molar-refractivity contribution in [2.75, 3.05) is 17.2 Å². The maximum atomic E-state index is 4.48. The molecule has 0 radical (unpaired) electrons. The number of rotatable bonds is 6. The lowest BCUT2D eigenvalue weighted by Gasteiger charge is -2.08. The van der Waals surface area contributed by atoms with Crippen molar-refractivity contribution in [3.8, 4) is 0 Å². The summed E-state index contributed by atoms with van der Waals surface area (Å²) in [5.74, 6) is 1.77. The van der Waals surface area contributed by atoms with E-state index in [0.29, 0.717) is 6.54 Å². The zero-order chi connectivity index (χ0) is 12.6. The Balaban J connectivity index is 1.93. The molecule has 0 unspecified atom stereocenters. The van der Waals surface area contributed by atoms with Crippen LogP contribution in [0.1, 0.15) is 19.0 Å². The van der Waals surface area contributed by atoms with E-state index < -0.39 is 0 Å². The van der Waals surface area contributed by atoms with Crippen molar-refractivity contribution >= 4 is 11.6 Å². The lowest BCUT2D eigenvalue weighted by Crippen LogP contribution is -2.06. The minimum absolute atomic E-state index is 0.686. The van der Waals surface area contributed by atoms with Gasteiger partial charge < -0.3 is 10.6 Å². The molecule has 94 valence electrons. The van der Waals surface area contributed by atoms with Crippen molar-refractivity contribution in [1.29, 1.82) is 0 Å². The minimum atomic E-state index is 0.686. The van der Waals surface area contributed by atoms with Crippen molar-refractivity contribution in [2.24, 2.45) is 0 Å². The van der Waals surface area contributed by atoms with Gasteiger partial charge in [0.05, 0.1) is 12.2 Å². The van der Waals surface area contributed by atoms with Gasteiger partial charge in [-0.3, -0.25) is 4.98 Å². The van der Waals surface area contributed by atoms with Gasteiger partial charge in [0.15, 0.2) is 0 Å². The van der Waals surface area contributed by atoms with Crippen LogP contribution < -0.4 is 10.6 Å². The molecule has 0 aliphatic rings. The number of hydrogen-bond acceptors (Lipinski definition) is 4. The van der Waals surface area contributed by atoms with Crippen LogP contribution in [0, 0.1) is 0 Å². The SMILES string of the molecule is CCCNc1cccc(NCc2ccccn2)n1. The highest BCUT2D eigenvalue weighted by Crippen LogP contribution is 2.10. The van der Waals surface area contributed by atoms with Crippen molar-refractivity contribution in [3.05, 3.63) is 48.3 Å². The van der Waals surface area contributed by atoms with Gasteiger partial charge in [-0.1, -0.05) is 19.1 Å². The van der Waals surface area contributed by atoms with E-state index in [4.69, 9.17) is 0 Å². The molecule has 0 saturated heterocycles. The lowest BCUT2D eigenvalue weighted by atomic mass is 10.3. The summed E-state index contributed by atoms with van der Waals surface area (Å²) in [7, 11) is 0. The number of aromatic nitrogens is 2. The van der Waals surface area contributed by atoms with Crippen LogP contribution >= 0.6 is 0 Å². The Bertz CT molecular complexity index is 470. The smallest absolute Gasteiger partial charge is 0.128 e. The Morgan fingerprint density at radius 3 is 2.56 bits per heavy atom. The first-order chi connectivity index (χ1) is 8.88. The number of nitrogens with zero attached hydrogens (tertiary/aromatic N) is 2. The molecule has 0 aliphatic carbocycles. The molecule has 0 aromatic carbocycles. The summed E-state index contributed by atoms with van der Waals surface area (Å²) in [6, 6.07) is 11.8. The summed E-state index contributed by atoms with van der Waals surface area (Å²) in [4.78, 5) is 8.74. The van der Waals surface area contributed by atoms with Gasteiger partial charge in [0, 0.05) is 12.7 Å². The van der Waals surface area contributed by atoms with Crippen LogP contribution in [0.5, 0.6) is 0 Å². The van der Waals surface area contributed by atoms with Gasteiger partial charge in [-0.2, -0.15) is 0 Å². The number of hydrogen-bond donors (Lipinski definition) is 2. The maximum Gasteiger partial charge on any atom is 0.128 e. The molecule has 2 rings (SSSR count). The first-order valence-electron chi connectivity index (χ1n) is 6.23. The average Bonchev–Trinajstić information content (AvgIpc) is 2.44. The maximum absolute atomic E-state index is 4.48. The molecule has 4 heteroatoms. The van der Waals surface area contributed by atoms with E-state index in [9.17, 15) is 0 Å². The Morgan fingerprint density at radius 1 is 1.00 bits per heavy atom. The van der Waals surface area contributed by atoms with Gasteiger partial charge in [0.25, 0.3) is 0 Å². The number of pyridine rings is 2. The second-order valence-corrected chi connectivity index (χ2v) is 4.01. The molecule has 0 spiro atoms. The van der Waals surface area contributed by atoms with E-state index >= 15 is 0 Å². The van der Waals surface area contributed by atoms with Crippen LogP contribution in [-0.4, -0.2) is 16.5 Å². The Morgan fingerprint density at radius 2 is 1.83 bits per heavy atom. The summed E-state index contributed by atoms with van der Waals surface area (Å²) in [6.45, 7) is 3.76. The molecule has 2 aromatic heterocycles. The van der Waals surface area contributed by atoms with Crippen LogP contribution in [-0.2, 0) is 6.54 Å². The molecule has 2 N–H and O–H groups in total. The lowest BCUT2D eigenvalue weighted by molar-refractivity contribution is 0.966. The molecular weight excluding hydrogens is 224 g/mol. The molecule has 0 saturated carbocycles. The predicted octanol–water partition coefficient (Wildman–Crippen LogP) is 2.91. The average molecular weight is 242 g/mol. The van der Waals surface area contributed by atoms with E-state index in [0.717, 1.165) is 30.3 Å². The van der Waals surface area contributed by atoms with Crippen molar-refractivity contribution in [2.45, 2.75) is 19.9 Å². The van der Waals surface area contributed by atoms with Crippen LogP contribution in [0.15, 0.2) is 42.6 Å².